The Morgan fingerprint density at radius 2 is 2.04 bits per heavy atom. The first kappa shape index (κ1) is 14.7. The molecule has 2 N–H and O–H groups in total. The molecule has 1 heterocycles. The zero-order chi connectivity index (χ0) is 16.2. The number of rotatable bonds is 4. The van der Waals surface area contributed by atoms with Crippen molar-refractivity contribution in [3.8, 4) is 11.8 Å². The topological polar surface area (TPSA) is 77.9 Å². The van der Waals surface area contributed by atoms with E-state index in [1.807, 2.05) is 30.5 Å². The van der Waals surface area contributed by atoms with E-state index < -0.39 is 0 Å². The number of hydrogen-bond donors (Lipinski definition) is 2. The lowest BCUT2D eigenvalue weighted by Crippen LogP contribution is -2.14. The number of methoxy groups -OCH3 is 1. The number of carbonyl (C=O) groups is 1. The average molecular weight is 305 g/mol. The first-order valence-electron chi connectivity index (χ1n) is 7.13. The SMILES string of the molecule is COc1ccc2c(CC(=O)Nc3ccc(C#N)cc3)c[nH]c2c1. The van der Waals surface area contributed by atoms with Gasteiger partial charge in [0.2, 0.25) is 5.91 Å². The van der Waals surface area contributed by atoms with E-state index in [9.17, 15) is 4.79 Å². The molecule has 0 radical (unpaired) electrons. The summed E-state index contributed by atoms with van der Waals surface area (Å²) in [4.78, 5) is 15.3. The maximum absolute atomic E-state index is 12.2. The minimum Gasteiger partial charge on any atom is -0.497 e. The number of carbonyl (C=O) groups excluding carboxylic acids is 1. The number of nitrogens with one attached hydrogen (secondary N) is 2. The monoisotopic (exact) mass is 305 g/mol. The molecular formula is C18H15N3O2. The van der Waals surface area contributed by atoms with Crippen LogP contribution in [0.3, 0.4) is 0 Å². The summed E-state index contributed by atoms with van der Waals surface area (Å²) in [6.07, 6.45) is 2.11. The van der Waals surface area contributed by atoms with Crippen molar-refractivity contribution >= 4 is 22.5 Å². The molecule has 23 heavy (non-hydrogen) atoms. The van der Waals surface area contributed by atoms with Crippen molar-refractivity contribution in [2.45, 2.75) is 6.42 Å². The lowest BCUT2D eigenvalue weighted by molar-refractivity contribution is -0.115. The van der Waals surface area contributed by atoms with Crippen molar-refractivity contribution in [2.24, 2.45) is 0 Å². The number of ether oxygens (including phenoxy) is 1. The molecule has 5 heteroatoms. The Labute approximate surface area is 133 Å². The van der Waals surface area contributed by atoms with Crippen molar-refractivity contribution in [3.05, 3.63) is 59.8 Å². The van der Waals surface area contributed by atoms with E-state index in [0.717, 1.165) is 22.2 Å². The van der Waals surface area contributed by atoms with Gasteiger partial charge in [-0.25, -0.2) is 0 Å². The standard InChI is InChI=1S/C18H15N3O2/c1-23-15-6-7-16-13(11-20-17(16)9-15)8-18(22)21-14-4-2-12(10-19)3-5-14/h2-7,9,11,20H,8H2,1H3,(H,21,22). The van der Waals surface area contributed by atoms with Crippen LogP contribution < -0.4 is 10.1 Å². The number of aromatic nitrogens is 1. The second-order valence-corrected chi connectivity index (χ2v) is 5.14. The molecule has 2 aromatic carbocycles. The number of benzene rings is 2. The summed E-state index contributed by atoms with van der Waals surface area (Å²) in [5, 5.41) is 12.6. The highest BCUT2D eigenvalue weighted by atomic mass is 16.5. The predicted octanol–water partition coefficient (Wildman–Crippen LogP) is 3.23. The van der Waals surface area contributed by atoms with E-state index in [1.54, 1.807) is 31.4 Å². The molecule has 0 unspecified atom stereocenters. The van der Waals surface area contributed by atoms with Crippen molar-refractivity contribution < 1.29 is 9.53 Å². The summed E-state index contributed by atoms with van der Waals surface area (Å²) in [6, 6.07) is 14.5. The molecule has 3 aromatic rings. The average Bonchev–Trinajstić information content (AvgIpc) is 2.97. The van der Waals surface area contributed by atoms with Crippen molar-refractivity contribution in [2.75, 3.05) is 12.4 Å². The molecule has 3 rings (SSSR count). The number of H-pyrrole nitrogens is 1. The number of anilines is 1. The molecule has 5 nitrogen and oxygen atoms in total. The van der Waals surface area contributed by atoms with E-state index in [4.69, 9.17) is 10.00 Å². The molecule has 0 spiro atoms. The van der Waals surface area contributed by atoms with Crippen LogP contribution in [-0.2, 0) is 11.2 Å². The van der Waals surface area contributed by atoms with Crippen LogP contribution in [0.2, 0.25) is 0 Å². The third kappa shape index (κ3) is 3.16. The van der Waals surface area contributed by atoms with Gasteiger partial charge in [-0.15, -0.1) is 0 Å². The van der Waals surface area contributed by atoms with Gasteiger partial charge >= 0.3 is 0 Å². The molecule has 0 fully saturated rings. The molecule has 0 aliphatic heterocycles. The van der Waals surface area contributed by atoms with Crippen molar-refractivity contribution in [1.82, 2.24) is 4.98 Å². The first-order valence-corrected chi connectivity index (χ1v) is 7.13. The van der Waals surface area contributed by atoms with Crippen molar-refractivity contribution in [1.29, 1.82) is 5.26 Å². The molecule has 1 amide bonds. The van der Waals surface area contributed by atoms with Gasteiger partial charge in [-0.2, -0.15) is 5.26 Å². The summed E-state index contributed by atoms with van der Waals surface area (Å²) in [7, 11) is 1.62. The van der Waals surface area contributed by atoms with Gasteiger partial charge in [-0.05, 0) is 42.0 Å². The minimum absolute atomic E-state index is 0.105. The van der Waals surface area contributed by atoms with Crippen LogP contribution in [0.1, 0.15) is 11.1 Å². The van der Waals surface area contributed by atoms with Crippen molar-refractivity contribution in [3.63, 3.8) is 0 Å². The van der Waals surface area contributed by atoms with Gasteiger partial charge in [0.25, 0.3) is 0 Å². The third-order valence-corrected chi connectivity index (χ3v) is 3.62. The van der Waals surface area contributed by atoms with Gasteiger partial charge in [0, 0.05) is 28.9 Å². The zero-order valence-electron chi connectivity index (χ0n) is 12.6. The van der Waals surface area contributed by atoms with Gasteiger partial charge in [0.05, 0.1) is 25.2 Å². The van der Waals surface area contributed by atoms with Crippen LogP contribution in [-0.4, -0.2) is 18.0 Å². The smallest absolute Gasteiger partial charge is 0.228 e. The lowest BCUT2D eigenvalue weighted by Gasteiger charge is -2.05. The van der Waals surface area contributed by atoms with Gasteiger partial charge in [-0.1, -0.05) is 0 Å². The van der Waals surface area contributed by atoms with Gasteiger partial charge in [0.1, 0.15) is 5.75 Å². The fraction of sp³-hybridized carbons (Fsp3) is 0.111. The Hall–Kier alpha value is -3.26. The number of aromatic amines is 1. The van der Waals surface area contributed by atoms with E-state index in [-0.39, 0.29) is 12.3 Å². The van der Waals surface area contributed by atoms with E-state index in [2.05, 4.69) is 10.3 Å². The highest BCUT2D eigenvalue weighted by Gasteiger charge is 2.10. The highest BCUT2D eigenvalue weighted by molar-refractivity contribution is 5.96. The van der Waals surface area contributed by atoms with Gasteiger partial charge < -0.3 is 15.0 Å². The molecule has 0 bridgehead atoms. The van der Waals surface area contributed by atoms with E-state index >= 15 is 0 Å². The molecule has 0 aliphatic rings. The van der Waals surface area contributed by atoms with Crippen LogP contribution in [0.15, 0.2) is 48.7 Å². The van der Waals surface area contributed by atoms with Crippen LogP contribution in [0.5, 0.6) is 5.75 Å². The Bertz CT molecular complexity index is 889. The molecule has 0 atom stereocenters. The Morgan fingerprint density at radius 3 is 2.74 bits per heavy atom. The molecule has 0 saturated carbocycles. The summed E-state index contributed by atoms with van der Waals surface area (Å²) in [5.41, 5.74) is 3.10. The van der Waals surface area contributed by atoms with Crippen LogP contribution >= 0.6 is 0 Å². The van der Waals surface area contributed by atoms with Gasteiger partial charge in [0.15, 0.2) is 0 Å². The summed E-state index contributed by atoms with van der Waals surface area (Å²) in [5.74, 6) is 0.666. The molecule has 0 aliphatic carbocycles. The Balaban J connectivity index is 1.73. The fourth-order valence-corrected chi connectivity index (χ4v) is 2.44. The van der Waals surface area contributed by atoms with Gasteiger partial charge in [-0.3, -0.25) is 4.79 Å². The first-order chi connectivity index (χ1) is 11.2. The molecular weight excluding hydrogens is 290 g/mol. The van der Waals surface area contributed by atoms with E-state index in [1.165, 1.54) is 0 Å². The minimum atomic E-state index is -0.105. The number of hydrogen-bond acceptors (Lipinski definition) is 3. The summed E-state index contributed by atoms with van der Waals surface area (Å²) in [6.45, 7) is 0. The number of nitrogens with zero attached hydrogens (tertiary/aromatic N) is 1. The predicted molar refractivity (Wildman–Crippen MR) is 88.3 cm³/mol. The highest BCUT2D eigenvalue weighted by Crippen LogP contribution is 2.23. The Kier molecular flexibility index (Phi) is 3.98. The summed E-state index contributed by atoms with van der Waals surface area (Å²) < 4.78 is 5.19. The number of fused-ring (bicyclic) bond motifs is 1. The van der Waals surface area contributed by atoms with Crippen LogP contribution in [0, 0.1) is 11.3 Å². The van der Waals surface area contributed by atoms with Crippen LogP contribution in [0.4, 0.5) is 5.69 Å². The quantitative estimate of drug-likeness (QED) is 0.776. The number of nitriles is 1. The molecule has 114 valence electrons. The maximum Gasteiger partial charge on any atom is 0.228 e. The number of amides is 1. The molecule has 1 aromatic heterocycles. The largest absolute Gasteiger partial charge is 0.497 e. The maximum atomic E-state index is 12.2. The molecule has 0 saturated heterocycles. The summed E-state index contributed by atoms with van der Waals surface area (Å²) >= 11 is 0. The third-order valence-electron chi connectivity index (χ3n) is 3.62. The Morgan fingerprint density at radius 1 is 1.26 bits per heavy atom. The second-order valence-electron chi connectivity index (χ2n) is 5.14. The second kappa shape index (κ2) is 6.24. The van der Waals surface area contributed by atoms with Crippen LogP contribution in [0.25, 0.3) is 10.9 Å². The zero-order valence-corrected chi connectivity index (χ0v) is 12.6. The normalized spacial score (nSPS) is 10.3. The lowest BCUT2D eigenvalue weighted by atomic mass is 10.1. The fourth-order valence-electron chi connectivity index (χ4n) is 2.44. The van der Waals surface area contributed by atoms with E-state index in [0.29, 0.717) is 11.3 Å².